The van der Waals surface area contributed by atoms with Crippen LogP contribution in [-0.4, -0.2) is 26.9 Å². The summed E-state index contributed by atoms with van der Waals surface area (Å²) in [4.78, 5) is 11.5. The summed E-state index contributed by atoms with van der Waals surface area (Å²) in [6.45, 7) is 0.405. The molecule has 0 fully saturated rings. The van der Waals surface area contributed by atoms with Crippen LogP contribution in [0, 0.1) is 0 Å². The highest BCUT2D eigenvalue weighted by molar-refractivity contribution is 9.10. The SMILES string of the molecule is O=C(CSC(F)(F)F)Nc1ccnn1Cc1ccc(Br)cc1. The third-order valence-corrected chi connectivity index (χ3v) is 3.86. The van der Waals surface area contributed by atoms with Crippen LogP contribution in [0.5, 0.6) is 0 Å². The molecular formula is C13H11BrF3N3OS. The van der Waals surface area contributed by atoms with Gasteiger partial charge >= 0.3 is 5.51 Å². The van der Waals surface area contributed by atoms with Gasteiger partial charge in [-0.2, -0.15) is 18.3 Å². The van der Waals surface area contributed by atoms with Gasteiger partial charge in [0, 0.05) is 10.5 Å². The summed E-state index contributed by atoms with van der Waals surface area (Å²) in [5.41, 5.74) is -3.47. The van der Waals surface area contributed by atoms with Crippen LogP contribution in [0.2, 0.25) is 0 Å². The topological polar surface area (TPSA) is 46.9 Å². The van der Waals surface area contributed by atoms with Crippen molar-refractivity contribution in [3.05, 3.63) is 46.6 Å². The number of benzene rings is 1. The number of nitrogens with zero attached hydrogens (tertiary/aromatic N) is 2. The second-order valence-electron chi connectivity index (χ2n) is 4.28. The Morgan fingerprint density at radius 3 is 2.59 bits per heavy atom. The van der Waals surface area contributed by atoms with Crippen LogP contribution >= 0.6 is 27.7 Å². The summed E-state index contributed by atoms with van der Waals surface area (Å²) >= 11 is 2.96. The molecular weight excluding hydrogens is 383 g/mol. The minimum absolute atomic E-state index is 0.357. The van der Waals surface area contributed by atoms with E-state index in [4.69, 9.17) is 0 Å². The summed E-state index contributed by atoms with van der Waals surface area (Å²) in [5.74, 6) is -1.05. The van der Waals surface area contributed by atoms with Gasteiger partial charge in [0.05, 0.1) is 18.5 Å². The summed E-state index contributed by atoms with van der Waals surface area (Å²) in [5, 5.41) is 6.48. The van der Waals surface area contributed by atoms with Gasteiger partial charge in [0.2, 0.25) is 5.91 Å². The van der Waals surface area contributed by atoms with E-state index in [0.29, 0.717) is 12.4 Å². The van der Waals surface area contributed by atoms with Crippen LogP contribution in [0.1, 0.15) is 5.56 Å². The molecule has 0 bridgehead atoms. The molecule has 0 saturated carbocycles. The number of halogens is 4. The maximum absolute atomic E-state index is 12.1. The van der Waals surface area contributed by atoms with Crippen LogP contribution in [0.4, 0.5) is 19.0 Å². The van der Waals surface area contributed by atoms with Crippen LogP contribution in [0.15, 0.2) is 41.0 Å². The first-order valence-electron chi connectivity index (χ1n) is 6.10. The fourth-order valence-electron chi connectivity index (χ4n) is 1.65. The molecule has 0 aliphatic carbocycles. The maximum Gasteiger partial charge on any atom is 0.442 e. The number of carbonyl (C=O) groups excluding carboxylic acids is 1. The molecule has 1 N–H and O–H groups in total. The van der Waals surface area contributed by atoms with Crippen LogP contribution < -0.4 is 5.32 Å². The van der Waals surface area contributed by atoms with Gasteiger partial charge in [-0.05, 0) is 29.5 Å². The Hall–Kier alpha value is -1.48. The van der Waals surface area contributed by atoms with Crippen LogP contribution in [0.3, 0.4) is 0 Å². The van der Waals surface area contributed by atoms with Gasteiger partial charge in [-0.3, -0.25) is 4.79 Å². The Labute approximate surface area is 137 Å². The number of rotatable bonds is 5. The number of alkyl halides is 3. The van der Waals surface area contributed by atoms with E-state index in [9.17, 15) is 18.0 Å². The molecule has 0 spiro atoms. The number of thioether (sulfide) groups is 1. The van der Waals surface area contributed by atoms with E-state index in [0.717, 1.165) is 10.0 Å². The van der Waals surface area contributed by atoms with E-state index in [1.54, 1.807) is 0 Å². The molecule has 118 valence electrons. The Balaban J connectivity index is 1.97. The smallest absolute Gasteiger partial charge is 0.310 e. The van der Waals surface area contributed by atoms with E-state index in [1.165, 1.54) is 16.9 Å². The highest BCUT2D eigenvalue weighted by atomic mass is 79.9. The largest absolute Gasteiger partial charge is 0.442 e. The Morgan fingerprint density at radius 2 is 1.95 bits per heavy atom. The lowest BCUT2D eigenvalue weighted by Gasteiger charge is -2.10. The van der Waals surface area contributed by atoms with Gasteiger partial charge in [0.25, 0.3) is 0 Å². The van der Waals surface area contributed by atoms with Crippen molar-refractivity contribution in [3.63, 3.8) is 0 Å². The molecule has 1 heterocycles. The van der Waals surface area contributed by atoms with Crippen molar-refractivity contribution in [1.82, 2.24) is 9.78 Å². The van der Waals surface area contributed by atoms with Gasteiger partial charge in [0.15, 0.2) is 0 Å². The van der Waals surface area contributed by atoms with Crippen molar-refractivity contribution in [2.45, 2.75) is 12.1 Å². The molecule has 0 atom stereocenters. The maximum atomic E-state index is 12.1. The van der Waals surface area contributed by atoms with E-state index in [2.05, 4.69) is 26.3 Å². The van der Waals surface area contributed by atoms with E-state index < -0.39 is 17.2 Å². The minimum atomic E-state index is -4.42. The monoisotopic (exact) mass is 393 g/mol. The van der Waals surface area contributed by atoms with Crippen molar-refractivity contribution in [3.8, 4) is 0 Å². The Morgan fingerprint density at radius 1 is 1.27 bits per heavy atom. The molecule has 1 amide bonds. The zero-order valence-corrected chi connectivity index (χ0v) is 13.5. The van der Waals surface area contributed by atoms with Crippen molar-refractivity contribution in [1.29, 1.82) is 0 Å². The van der Waals surface area contributed by atoms with Crippen LogP contribution in [-0.2, 0) is 11.3 Å². The van der Waals surface area contributed by atoms with Gasteiger partial charge in [-0.25, -0.2) is 4.68 Å². The summed E-state index contributed by atoms with van der Waals surface area (Å²) in [6, 6.07) is 9.05. The number of nitrogens with one attached hydrogen (secondary N) is 1. The lowest BCUT2D eigenvalue weighted by molar-refractivity contribution is -0.114. The number of hydrogen-bond donors (Lipinski definition) is 1. The van der Waals surface area contributed by atoms with Gasteiger partial charge in [-0.1, -0.05) is 28.1 Å². The van der Waals surface area contributed by atoms with Crippen molar-refractivity contribution < 1.29 is 18.0 Å². The number of hydrogen-bond acceptors (Lipinski definition) is 3. The zero-order valence-electron chi connectivity index (χ0n) is 11.1. The first-order chi connectivity index (χ1) is 10.3. The molecule has 4 nitrogen and oxygen atoms in total. The first-order valence-corrected chi connectivity index (χ1v) is 7.88. The molecule has 0 unspecified atom stereocenters. The van der Waals surface area contributed by atoms with E-state index in [-0.39, 0.29) is 11.8 Å². The van der Waals surface area contributed by atoms with E-state index in [1.807, 2.05) is 24.3 Å². The van der Waals surface area contributed by atoms with Gasteiger partial charge < -0.3 is 5.32 Å². The lowest BCUT2D eigenvalue weighted by atomic mass is 10.2. The predicted octanol–water partition coefficient (Wildman–Crippen LogP) is 3.89. The minimum Gasteiger partial charge on any atom is -0.310 e. The van der Waals surface area contributed by atoms with Crippen LogP contribution in [0.25, 0.3) is 0 Å². The molecule has 0 radical (unpaired) electrons. The van der Waals surface area contributed by atoms with Gasteiger partial charge in [-0.15, -0.1) is 0 Å². The normalized spacial score (nSPS) is 11.5. The number of amides is 1. The zero-order chi connectivity index (χ0) is 16.2. The highest BCUT2D eigenvalue weighted by Gasteiger charge is 2.29. The second kappa shape index (κ2) is 7.19. The Kier molecular flexibility index (Phi) is 5.52. The first kappa shape index (κ1) is 16.9. The lowest BCUT2D eigenvalue weighted by Crippen LogP contribution is -2.19. The summed E-state index contributed by atoms with van der Waals surface area (Å²) < 4.78 is 38.6. The fourth-order valence-corrected chi connectivity index (χ4v) is 2.29. The van der Waals surface area contributed by atoms with E-state index >= 15 is 0 Å². The Bertz CT molecular complexity index is 643. The third-order valence-electron chi connectivity index (χ3n) is 2.60. The van der Waals surface area contributed by atoms with Gasteiger partial charge in [0.1, 0.15) is 5.82 Å². The molecule has 0 aliphatic heterocycles. The standard InChI is InChI=1S/C13H11BrF3N3OS/c14-10-3-1-9(2-4-10)7-20-11(5-6-18-20)19-12(21)8-22-13(15,16)17/h1-6H,7-8H2,(H,19,21). The summed E-state index contributed by atoms with van der Waals surface area (Å²) in [7, 11) is 0. The van der Waals surface area contributed by atoms with Crippen molar-refractivity contribution in [2.24, 2.45) is 0 Å². The molecule has 0 aliphatic rings. The van der Waals surface area contributed by atoms with Crippen molar-refractivity contribution in [2.75, 3.05) is 11.1 Å². The predicted molar refractivity (Wildman–Crippen MR) is 82.6 cm³/mol. The molecule has 0 saturated heterocycles. The molecule has 9 heteroatoms. The highest BCUT2D eigenvalue weighted by Crippen LogP contribution is 2.29. The van der Waals surface area contributed by atoms with Crippen molar-refractivity contribution >= 4 is 39.4 Å². The third kappa shape index (κ3) is 5.38. The number of anilines is 1. The average Bonchev–Trinajstić information content (AvgIpc) is 2.86. The fraction of sp³-hybridized carbons (Fsp3) is 0.231. The number of carbonyl (C=O) groups is 1. The summed E-state index contributed by atoms with van der Waals surface area (Å²) in [6.07, 6.45) is 1.48. The molecule has 22 heavy (non-hydrogen) atoms. The molecule has 1 aromatic carbocycles. The quantitative estimate of drug-likeness (QED) is 0.837. The number of aromatic nitrogens is 2. The molecule has 1 aromatic heterocycles. The molecule has 2 rings (SSSR count). The second-order valence-corrected chi connectivity index (χ2v) is 6.24. The average molecular weight is 394 g/mol. The molecule has 2 aromatic rings.